The molecule has 0 saturated carbocycles. The highest BCUT2D eigenvalue weighted by Crippen LogP contribution is 2.33. The van der Waals surface area contributed by atoms with Gasteiger partial charge in [-0.3, -0.25) is 9.89 Å². The summed E-state index contributed by atoms with van der Waals surface area (Å²) in [6.07, 6.45) is 1.92. The first kappa shape index (κ1) is 25.7. The van der Waals surface area contributed by atoms with Crippen LogP contribution >= 0.6 is 35.3 Å². The fraction of sp³-hybridized carbons (Fsp3) is 0.545. The zero-order valence-corrected chi connectivity index (χ0v) is 22.0. The van der Waals surface area contributed by atoms with Crippen molar-refractivity contribution in [3.63, 3.8) is 0 Å². The molecule has 31 heavy (non-hydrogen) atoms. The molecule has 3 rings (SSSR count). The first-order valence-electron chi connectivity index (χ1n) is 10.5. The van der Waals surface area contributed by atoms with E-state index in [4.69, 9.17) is 14.5 Å². The van der Waals surface area contributed by atoms with Gasteiger partial charge in [-0.05, 0) is 43.5 Å². The quantitative estimate of drug-likeness (QED) is 0.280. The number of ether oxygens (including phenoxy) is 2. The van der Waals surface area contributed by atoms with E-state index in [0.717, 1.165) is 80.3 Å². The molecule has 1 aromatic carbocycles. The lowest BCUT2D eigenvalue weighted by molar-refractivity contribution is 0.260. The average Bonchev–Trinajstić information content (AvgIpc) is 3.17. The summed E-state index contributed by atoms with van der Waals surface area (Å²) in [5, 5.41) is 9.98. The number of aromatic nitrogens is 1. The molecule has 2 N–H and O–H groups in total. The Bertz CT molecular complexity index is 858. The summed E-state index contributed by atoms with van der Waals surface area (Å²) < 4.78 is 10.9. The Balaban J connectivity index is 0.00000341. The monoisotopic (exact) mass is 559 g/mol. The highest BCUT2D eigenvalue weighted by molar-refractivity contribution is 14.0. The third-order valence-electron chi connectivity index (χ3n) is 5.17. The van der Waals surface area contributed by atoms with Gasteiger partial charge < -0.3 is 20.1 Å². The summed E-state index contributed by atoms with van der Waals surface area (Å²) in [6, 6.07) is 4.22. The number of nitrogens with zero attached hydrogens (tertiary/aromatic N) is 3. The van der Waals surface area contributed by atoms with Gasteiger partial charge in [-0.15, -0.1) is 35.3 Å². The van der Waals surface area contributed by atoms with E-state index in [-0.39, 0.29) is 24.0 Å². The van der Waals surface area contributed by atoms with Crippen LogP contribution in [0.5, 0.6) is 11.5 Å². The van der Waals surface area contributed by atoms with E-state index in [1.165, 1.54) is 11.1 Å². The van der Waals surface area contributed by atoms with Crippen LogP contribution in [0, 0.1) is 6.92 Å². The molecule has 0 unspecified atom stereocenters. The summed E-state index contributed by atoms with van der Waals surface area (Å²) in [7, 11) is 3.37. The number of rotatable bonds is 9. The average molecular weight is 560 g/mol. The molecule has 0 atom stereocenters. The van der Waals surface area contributed by atoms with E-state index >= 15 is 0 Å². The van der Waals surface area contributed by atoms with E-state index in [9.17, 15) is 0 Å². The minimum absolute atomic E-state index is 0. The van der Waals surface area contributed by atoms with Crippen LogP contribution in [0.15, 0.2) is 22.5 Å². The molecule has 0 saturated heterocycles. The van der Waals surface area contributed by atoms with Crippen molar-refractivity contribution in [2.75, 3.05) is 46.9 Å². The van der Waals surface area contributed by atoms with Gasteiger partial charge in [0.2, 0.25) is 0 Å². The largest absolute Gasteiger partial charge is 0.493 e. The van der Waals surface area contributed by atoms with Crippen LogP contribution in [-0.4, -0.2) is 62.8 Å². The zero-order valence-electron chi connectivity index (χ0n) is 18.9. The number of hydrogen-bond donors (Lipinski definition) is 2. The molecule has 1 aliphatic rings. The molecule has 2 aromatic rings. The Morgan fingerprint density at radius 1 is 1.19 bits per heavy atom. The molecule has 7 nitrogen and oxygen atoms in total. The van der Waals surface area contributed by atoms with Gasteiger partial charge in [-0.2, -0.15) is 0 Å². The minimum Gasteiger partial charge on any atom is -0.493 e. The highest BCUT2D eigenvalue weighted by Gasteiger charge is 2.19. The van der Waals surface area contributed by atoms with Crippen molar-refractivity contribution in [3.05, 3.63) is 39.3 Å². The molecule has 0 bridgehead atoms. The SMILES string of the molecule is CCNC(=NCCN1CCc2cc(OC)c(OC)cc2C1)NCCc1csc(C)n1.I. The first-order chi connectivity index (χ1) is 14.6. The maximum Gasteiger partial charge on any atom is 0.191 e. The number of methoxy groups -OCH3 is 2. The fourth-order valence-electron chi connectivity index (χ4n) is 3.61. The molecule has 0 fully saturated rings. The molecule has 9 heteroatoms. The smallest absolute Gasteiger partial charge is 0.191 e. The second-order valence-corrected chi connectivity index (χ2v) is 8.36. The van der Waals surface area contributed by atoms with Crippen LogP contribution in [-0.2, 0) is 19.4 Å². The second kappa shape index (κ2) is 13.1. The lowest BCUT2D eigenvalue weighted by Crippen LogP contribution is -2.39. The summed E-state index contributed by atoms with van der Waals surface area (Å²) in [6.45, 7) is 9.43. The van der Waals surface area contributed by atoms with Gasteiger partial charge in [0, 0.05) is 44.5 Å². The first-order valence-corrected chi connectivity index (χ1v) is 11.4. The van der Waals surface area contributed by atoms with E-state index in [1.807, 2.05) is 6.92 Å². The molecular formula is C22H34IN5O2S. The standard InChI is InChI=1S/C22H33N5O2S.HI/c1-5-23-22(24-8-6-19-15-30-16(2)26-19)25-9-11-27-10-7-17-12-20(28-3)21(29-4)13-18(17)14-27;/h12-13,15H,5-11,14H2,1-4H3,(H2,23,24,25);1H. The molecule has 2 heterocycles. The van der Waals surface area contributed by atoms with Crippen molar-refractivity contribution in [1.29, 1.82) is 0 Å². The number of aryl methyl sites for hydroxylation is 1. The topological polar surface area (TPSA) is 71.0 Å². The number of nitrogens with one attached hydrogen (secondary N) is 2. The number of aliphatic imine (C=N–C) groups is 1. The molecule has 1 aromatic heterocycles. The lowest BCUT2D eigenvalue weighted by Gasteiger charge is -2.29. The van der Waals surface area contributed by atoms with Crippen molar-refractivity contribution in [2.45, 2.75) is 33.2 Å². The molecule has 0 amide bonds. The van der Waals surface area contributed by atoms with Crippen LogP contribution < -0.4 is 20.1 Å². The van der Waals surface area contributed by atoms with Crippen LogP contribution in [0.3, 0.4) is 0 Å². The fourth-order valence-corrected chi connectivity index (χ4v) is 4.26. The lowest BCUT2D eigenvalue weighted by atomic mass is 9.99. The van der Waals surface area contributed by atoms with Crippen molar-refractivity contribution in [1.82, 2.24) is 20.5 Å². The van der Waals surface area contributed by atoms with Gasteiger partial charge in [0.15, 0.2) is 17.5 Å². The Morgan fingerprint density at radius 3 is 2.58 bits per heavy atom. The van der Waals surface area contributed by atoms with Crippen LogP contribution in [0.1, 0.15) is 28.8 Å². The molecular weight excluding hydrogens is 525 g/mol. The Morgan fingerprint density at radius 2 is 1.94 bits per heavy atom. The van der Waals surface area contributed by atoms with E-state index < -0.39 is 0 Å². The molecule has 0 aliphatic carbocycles. The third kappa shape index (κ3) is 7.50. The van der Waals surface area contributed by atoms with Crippen LogP contribution in [0.2, 0.25) is 0 Å². The van der Waals surface area contributed by atoms with Gasteiger partial charge in [-0.25, -0.2) is 4.98 Å². The van der Waals surface area contributed by atoms with E-state index in [0.29, 0.717) is 0 Å². The van der Waals surface area contributed by atoms with Crippen LogP contribution in [0.25, 0.3) is 0 Å². The van der Waals surface area contributed by atoms with Crippen LogP contribution in [0.4, 0.5) is 0 Å². The zero-order chi connectivity index (χ0) is 21.3. The van der Waals surface area contributed by atoms with E-state index in [1.54, 1.807) is 25.6 Å². The normalized spacial score (nSPS) is 13.9. The summed E-state index contributed by atoms with van der Waals surface area (Å²) in [4.78, 5) is 11.7. The number of fused-ring (bicyclic) bond motifs is 1. The van der Waals surface area contributed by atoms with Gasteiger partial charge >= 0.3 is 0 Å². The molecule has 0 radical (unpaired) electrons. The van der Waals surface area contributed by atoms with Crippen molar-refractivity contribution < 1.29 is 9.47 Å². The minimum atomic E-state index is 0. The van der Waals surface area contributed by atoms with Crippen molar-refractivity contribution >= 4 is 41.3 Å². The van der Waals surface area contributed by atoms with Crippen molar-refractivity contribution in [3.8, 4) is 11.5 Å². The van der Waals surface area contributed by atoms with Gasteiger partial charge in [0.1, 0.15) is 0 Å². The number of benzene rings is 1. The predicted octanol–water partition coefficient (Wildman–Crippen LogP) is 3.24. The summed E-state index contributed by atoms with van der Waals surface area (Å²) >= 11 is 1.70. The molecule has 1 aliphatic heterocycles. The second-order valence-electron chi connectivity index (χ2n) is 7.30. The molecule has 172 valence electrons. The maximum atomic E-state index is 5.46. The van der Waals surface area contributed by atoms with E-state index in [2.05, 4.69) is 45.0 Å². The number of halogens is 1. The maximum absolute atomic E-state index is 5.46. The summed E-state index contributed by atoms with van der Waals surface area (Å²) in [5.74, 6) is 2.47. The Kier molecular flexibility index (Phi) is 10.8. The third-order valence-corrected chi connectivity index (χ3v) is 5.99. The molecule has 0 spiro atoms. The number of hydrogen-bond acceptors (Lipinski definition) is 6. The number of guanidine groups is 1. The van der Waals surface area contributed by atoms with Gasteiger partial charge in [0.05, 0.1) is 31.5 Å². The Labute approximate surface area is 206 Å². The Hall–Kier alpha value is -1.59. The highest BCUT2D eigenvalue weighted by atomic mass is 127. The summed E-state index contributed by atoms with van der Waals surface area (Å²) in [5.41, 5.74) is 3.80. The van der Waals surface area contributed by atoms with Gasteiger partial charge in [0.25, 0.3) is 0 Å². The van der Waals surface area contributed by atoms with Gasteiger partial charge in [-0.1, -0.05) is 0 Å². The van der Waals surface area contributed by atoms with Crippen molar-refractivity contribution in [2.24, 2.45) is 4.99 Å². The number of thiazole rings is 1. The predicted molar refractivity (Wildman–Crippen MR) is 138 cm³/mol.